The first-order valence-electron chi connectivity index (χ1n) is 10.5. The average Bonchev–Trinajstić information content (AvgIpc) is 3.27. The van der Waals surface area contributed by atoms with Crippen LogP contribution in [0, 0.1) is 0 Å². The van der Waals surface area contributed by atoms with E-state index in [4.69, 9.17) is 5.73 Å². The molecule has 0 saturated heterocycles. The van der Waals surface area contributed by atoms with E-state index >= 15 is 0 Å². The van der Waals surface area contributed by atoms with Crippen LogP contribution in [0.5, 0.6) is 0 Å². The van der Waals surface area contributed by atoms with Crippen molar-refractivity contribution in [3.8, 4) is 5.69 Å². The zero-order chi connectivity index (χ0) is 26.7. The average molecular weight is 513 g/mol. The molecule has 0 unspecified atom stereocenters. The predicted molar refractivity (Wildman–Crippen MR) is 117 cm³/mol. The Labute approximate surface area is 201 Å². The van der Waals surface area contributed by atoms with Crippen LogP contribution in [0.2, 0.25) is 0 Å². The molecule has 0 aliphatic carbocycles. The Morgan fingerprint density at radius 3 is 2.14 bits per heavy atom. The molecule has 7 nitrogen and oxygen atoms in total. The van der Waals surface area contributed by atoms with Crippen LogP contribution in [-0.4, -0.2) is 27.6 Å². The maximum absolute atomic E-state index is 13.4. The molecular weight excluding hydrogens is 492 g/mol. The summed E-state index contributed by atoms with van der Waals surface area (Å²) >= 11 is 0. The van der Waals surface area contributed by atoms with Crippen molar-refractivity contribution in [2.24, 2.45) is 5.73 Å². The second kappa shape index (κ2) is 10.4. The van der Waals surface area contributed by atoms with E-state index in [-0.39, 0.29) is 24.3 Å². The summed E-state index contributed by atoms with van der Waals surface area (Å²) in [5.41, 5.74) is 3.45. The maximum Gasteiger partial charge on any atom is 0.435 e. The molecule has 0 radical (unpaired) electrons. The number of hydrogen-bond acceptors (Lipinski definition) is 4. The van der Waals surface area contributed by atoms with Gasteiger partial charge in [0.15, 0.2) is 5.69 Å². The molecule has 1 heterocycles. The molecule has 4 N–H and O–H groups in total. The number of halogens is 6. The summed E-state index contributed by atoms with van der Waals surface area (Å²) in [6, 6.07) is 9.92. The number of rotatable bonds is 7. The third-order valence-corrected chi connectivity index (χ3v) is 4.98. The smallest absolute Gasteiger partial charge is 0.351 e. The highest BCUT2D eigenvalue weighted by molar-refractivity contribution is 5.93. The number of amides is 2. The lowest BCUT2D eigenvalue weighted by Gasteiger charge is -2.12. The van der Waals surface area contributed by atoms with Crippen LogP contribution >= 0.6 is 0 Å². The fourth-order valence-corrected chi connectivity index (χ4v) is 3.16. The van der Waals surface area contributed by atoms with Gasteiger partial charge in [0.1, 0.15) is 5.69 Å². The van der Waals surface area contributed by atoms with E-state index in [1.165, 1.54) is 31.2 Å². The van der Waals surface area contributed by atoms with Crippen LogP contribution in [0.1, 0.15) is 39.8 Å². The van der Waals surface area contributed by atoms with Gasteiger partial charge in [0.05, 0.1) is 17.3 Å². The highest BCUT2D eigenvalue weighted by Gasteiger charge is 2.36. The molecular formula is C23H21F6N5O2. The summed E-state index contributed by atoms with van der Waals surface area (Å²) in [6.45, 7) is 1.15. The number of alkyl halides is 6. The van der Waals surface area contributed by atoms with Gasteiger partial charge in [0.2, 0.25) is 5.91 Å². The standard InChI is InChI=1S/C23H21F6N5O2/c1-13(30)20(35)31-12-15-5-3-7-17(9-15)34-18(10-19(33-34)23(27,28)29)21(36)32-11-14-4-2-6-16(8-14)22(24,25)26/h2-10,13H,11-12,30H2,1H3,(H,31,35)(H,32,36)/t13-/m0/s1. The van der Waals surface area contributed by atoms with Crippen molar-refractivity contribution in [2.75, 3.05) is 0 Å². The Bertz CT molecular complexity index is 1250. The van der Waals surface area contributed by atoms with E-state index in [2.05, 4.69) is 15.7 Å². The zero-order valence-electron chi connectivity index (χ0n) is 18.7. The first kappa shape index (κ1) is 26.7. The van der Waals surface area contributed by atoms with Crippen molar-refractivity contribution in [3.63, 3.8) is 0 Å². The summed E-state index contributed by atoms with van der Waals surface area (Å²) in [4.78, 5) is 24.5. The fraction of sp³-hybridized carbons (Fsp3) is 0.261. The SMILES string of the molecule is C[C@H](N)C(=O)NCc1cccc(-n2nc(C(F)(F)F)cc2C(=O)NCc2cccc(C(F)(F)F)c2)c1. The largest absolute Gasteiger partial charge is 0.435 e. The molecule has 0 spiro atoms. The van der Waals surface area contributed by atoms with Gasteiger partial charge in [-0.25, -0.2) is 4.68 Å². The summed E-state index contributed by atoms with van der Waals surface area (Å²) in [5.74, 6) is -1.42. The summed E-state index contributed by atoms with van der Waals surface area (Å²) in [7, 11) is 0. The molecule has 0 aliphatic heterocycles. The minimum Gasteiger partial charge on any atom is -0.351 e. The first-order chi connectivity index (χ1) is 16.8. The molecule has 3 aromatic rings. The molecule has 192 valence electrons. The molecule has 0 fully saturated rings. The van der Waals surface area contributed by atoms with Crippen molar-refractivity contribution in [2.45, 2.75) is 38.4 Å². The minimum absolute atomic E-state index is 0.0265. The van der Waals surface area contributed by atoms with E-state index in [0.29, 0.717) is 11.6 Å². The summed E-state index contributed by atoms with van der Waals surface area (Å²) in [6.07, 6.45) is -9.45. The molecule has 1 aromatic heterocycles. The molecule has 0 saturated carbocycles. The number of nitrogens with zero attached hydrogens (tertiary/aromatic N) is 2. The number of hydrogen-bond donors (Lipinski definition) is 3. The van der Waals surface area contributed by atoms with Gasteiger partial charge in [0.25, 0.3) is 5.91 Å². The van der Waals surface area contributed by atoms with E-state index in [1.54, 1.807) is 6.07 Å². The predicted octanol–water partition coefficient (Wildman–Crippen LogP) is 3.80. The van der Waals surface area contributed by atoms with Crippen molar-refractivity contribution >= 4 is 11.8 Å². The number of nitrogens with one attached hydrogen (secondary N) is 2. The van der Waals surface area contributed by atoms with Crippen LogP contribution in [0.25, 0.3) is 5.69 Å². The molecule has 2 amide bonds. The topological polar surface area (TPSA) is 102 Å². The number of carbonyl (C=O) groups excluding carboxylic acids is 2. The van der Waals surface area contributed by atoms with Crippen LogP contribution in [0.3, 0.4) is 0 Å². The summed E-state index contributed by atoms with van der Waals surface area (Å²) in [5, 5.41) is 8.41. The van der Waals surface area contributed by atoms with Gasteiger partial charge >= 0.3 is 12.4 Å². The van der Waals surface area contributed by atoms with Gasteiger partial charge in [0, 0.05) is 19.2 Å². The fourth-order valence-electron chi connectivity index (χ4n) is 3.16. The van der Waals surface area contributed by atoms with Crippen LogP contribution in [0.15, 0.2) is 54.6 Å². The van der Waals surface area contributed by atoms with Gasteiger partial charge < -0.3 is 16.4 Å². The van der Waals surface area contributed by atoms with Crippen molar-refractivity contribution in [3.05, 3.63) is 82.7 Å². The Balaban J connectivity index is 1.87. The van der Waals surface area contributed by atoms with Gasteiger partial charge in [-0.05, 0) is 42.3 Å². The number of nitrogens with two attached hydrogens (primary N) is 1. The molecule has 36 heavy (non-hydrogen) atoms. The highest BCUT2D eigenvalue weighted by atomic mass is 19.4. The quantitative estimate of drug-likeness (QED) is 0.419. The highest BCUT2D eigenvalue weighted by Crippen LogP contribution is 2.31. The van der Waals surface area contributed by atoms with E-state index < -0.39 is 47.2 Å². The Hall–Kier alpha value is -3.87. The van der Waals surface area contributed by atoms with Gasteiger partial charge in [-0.2, -0.15) is 31.4 Å². The van der Waals surface area contributed by atoms with E-state index in [0.717, 1.165) is 22.9 Å². The second-order valence-electron chi connectivity index (χ2n) is 7.88. The minimum atomic E-state index is -4.86. The lowest BCUT2D eigenvalue weighted by atomic mass is 10.1. The normalized spacial score (nSPS) is 12.8. The van der Waals surface area contributed by atoms with E-state index in [1.807, 2.05) is 0 Å². The number of benzene rings is 2. The monoisotopic (exact) mass is 513 g/mol. The third kappa shape index (κ3) is 6.62. The van der Waals surface area contributed by atoms with Crippen LogP contribution < -0.4 is 16.4 Å². The third-order valence-electron chi connectivity index (χ3n) is 4.98. The lowest BCUT2D eigenvalue weighted by molar-refractivity contribution is -0.141. The molecule has 0 aliphatic rings. The second-order valence-corrected chi connectivity index (χ2v) is 7.88. The Kier molecular flexibility index (Phi) is 7.72. The molecule has 3 rings (SSSR count). The molecule has 2 aromatic carbocycles. The maximum atomic E-state index is 13.4. The van der Waals surface area contributed by atoms with Crippen LogP contribution in [-0.2, 0) is 30.2 Å². The van der Waals surface area contributed by atoms with Crippen LogP contribution in [0.4, 0.5) is 26.3 Å². The van der Waals surface area contributed by atoms with Gasteiger partial charge in [-0.1, -0.05) is 24.3 Å². The zero-order valence-corrected chi connectivity index (χ0v) is 18.7. The van der Waals surface area contributed by atoms with Crippen molar-refractivity contribution in [1.82, 2.24) is 20.4 Å². The Morgan fingerprint density at radius 2 is 1.53 bits per heavy atom. The first-order valence-corrected chi connectivity index (χ1v) is 10.5. The van der Waals surface area contributed by atoms with Crippen molar-refractivity contribution in [1.29, 1.82) is 0 Å². The number of aromatic nitrogens is 2. The Morgan fingerprint density at radius 1 is 0.917 bits per heavy atom. The summed E-state index contributed by atoms with van der Waals surface area (Å²) < 4.78 is 79.6. The van der Waals surface area contributed by atoms with Crippen molar-refractivity contribution < 1.29 is 35.9 Å². The lowest BCUT2D eigenvalue weighted by Crippen LogP contribution is -2.37. The molecule has 0 bridgehead atoms. The molecule has 13 heteroatoms. The van der Waals surface area contributed by atoms with Gasteiger partial charge in [-0.3, -0.25) is 9.59 Å². The molecule has 1 atom stereocenters. The van der Waals surface area contributed by atoms with E-state index in [9.17, 15) is 35.9 Å². The van der Waals surface area contributed by atoms with Gasteiger partial charge in [-0.15, -0.1) is 0 Å². The number of carbonyl (C=O) groups is 2.